The average Bonchev–Trinajstić information content (AvgIpc) is 2.97. The summed E-state index contributed by atoms with van der Waals surface area (Å²) in [6.45, 7) is 4.30. The fourth-order valence-corrected chi connectivity index (χ4v) is 4.23. The molecule has 5 heteroatoms. The third-order valence-corrected chi connectivity index (χ3v) is 5.80. The third-order valence-electron chi connectivity index (χ3n) is 3.63. The number of benzene rings is 2. The second-order valence-electron chi connectivity index (χ2n) is 5.90. The molecule has 1 aromatic heterocycles. The number of aromatic nitrogens is 1. The summed E-state index contributed by atoms with van der Waals surface area (Å²) in [6, 6.07) is 16.2. The smallest absolute Gasteiger partial charge is 0.234 e. The molecule has 0 fully saturated rings. The number of hydrogen-bond donors (Lipinski definition) is 1. The van der Waals surface area contributed by atoms with Crippen molar-refractivity contribution in [2.24, 2.45) is 0 Å². The van der Waals surface area contributed by atoms with Crippen molar-refractivity contribution in [1.82, 2.24) is 4.98 Å². The number of nitrogens with one attached hydrogen (secondary N) is 1. The number of rotatable bonds is 6. The van der Waals surface area contributed by atoms with Gasteiger partial charge in [0.1, 0.15) is 5.01 Å². The van der Waals surface area contributed by atoms with Crippen LogP contribution in [0.4, 0.5) is 5.69 Å². The van der Waals surface area contributed by atoms with E-state index in [9.17, 15) is 4.79 Å². The van der Waals surface area contributed by atoms with Gasteiger partial charge >= 0.3 is 0 Å². The lowest BCUT2D eigenvalue weighted by Gasteiger charge is -2.09. The highest BCUT2D eigenvalue weighted by Crippen LogP contribution is 2.25. The Labute approximate surface area is 150 Å². The van der Waals surface area contributed by atoms with E-state index in [1.165, 1.54) is 10.3 Å². The molecule has 1 amide bonds. The fourth-order valence-electron chi connectivity index (χ4n) is 2.39. The summed E-state index contributed by atoms with van der Waals surface area (Å²) in [5.74, 6) is 1.68. The summed E-state index contributed by atoms with van der Waals surface area (Å²) in [5.41, 5.74) is 3.13. The van der Waals surface area contributed by atoms with Gasteiger partial charge in [0.05, 0.1) is 16.0 Å². The molecule has 2 aromatic carbocycles. The molecule has 24 heavy (non-hydrogen) atoms. The van der Waals surface area contributed by atoms with Gasteiger partial charge in [0.2, 0.25) is 5.91 Å². The first kappa shape index (κ1) is 17.0. The van der Waals surface area contributed by atoms with Crippen molar-refractivity contribution in [2.45, 2.75) is 25.5 Å². The van der Waals surface area contributed by atoms with E-state index in [0.717, 1.165) is 22.0 Å². The summed E-state index contributed by atoms with van der Waals surface area (Å²) in [4.78, 5) is 16.7. The summed E-state index contributed by atoms with van der Waals surface area (Å²) < 4.78 is 1.20. The normalized spacial score (nSPS) is 11.1. The number of para-hydroxylation sites is 1. The molecule has 0 unspecified atom stereocenters. The lowest BCUT2D eigenvalue weighted by Crippen LogP contribution is -2.14. The van der Waals surface area contributed by atoms with Crippen molar-refractivity contribution in [3.8, 4) is 0 Å². The van der Waals surface area contributed by atoms with E-state index in [4.69, 9.17) is 0 Å². The number of carbonyl (C=O) groups is 1. The monoisotopic (exact) mass is 356 g/mol. The SMILES string of the molecule is CC(C)c1cccc(NC(=O)CSCc2nc3ccccc3s2)c1. The molecular weight excluding hydrogens is 336 g/mol. The van der Waals surface area contributed by atoms with Gasteiger partial charge in [-0.05, 0) is 35.7 Å². The van der Waals surface area contributed by atoms with Gasteiger partial charge in [-0.15, -0.1) is 23.1 Å². The predicted molar refractivity (Wildman–Crippen MR) is 105 cm³/mol. The van der Waals surface area contributed by atoms with Crippen molar-refractivity contribution in [3.63, 3.8) is 0 Å². The largest absolute Gasteiger partial charge is 0.325 e. The predicted octanol–water partition coefficient (Wildman–Crippen LogP) is 5.29. The van der Waals surface area contributed by atoms with E-state index in [1.54, 1.807) is 23.1 Å². The van der Waals surface area contributed by atoms with Crippen LogP contribution in [0.15, 0.2) is 48.5 Å². The molecule has 0 aliphatic heterocycles. The molecule has 0 aliphatic rings. The van der Waals surface area contributed by atoms with E-state index >= 15 is 0 Å². The molecule has 1 heterocycles. The van der Waals surface area contributed by atoms with Crippen LogP contribution in [0.3, 0.4) is 0 Å². The van der Waals surface area contributed by atoms with Crippen molar-refractivity contribution in [2.75, 3.05) is 11.1 Å². The molecule has 0 saturated carbocycles. The van der Waals surface area contributed by atoms with E-state index < -0.39 is 0 Å². The van der Waals surface area contributed by atoms with Crippen LogP contribution < -0.4 is 5.32 Å². The zero-order valence-electron chi connectivity index (χ0n) is 13.8. The number of anilines is 1. The Morgan fingerprint density at radius 2 is 2.04 bits per heavy atom. The third kappa shape index (κ3) is 4.36. The van der Waals surface area contributed by atoms with Gasteiger partial charge < -0.3 is 5.32 Å². The maximum Gasteiger partial charge on any atom is 0.234 e. The Morgan fingerprint density at radius 3 is 2.83 bits per heavy atom. The molecule has 1 N–H and O–H groups in total. The van der Waals surface area contributed by atoms with Gasteiger partial charge in [-0.1, -0.05) is 38.1 Å². The van der Waals surface area contributed by atoms with Gasteiger partial charge in [0, 0.05) is 11.4 Å². The molecule has 124 valence electrons. The summed E-state index contributed by atoms with van der Waals surface area (Å²) in [7, 11) is 0. The molecular formula is C19H20N2OS2. The molecule has 3 rings (SSSR count). The van der Waals surface area contributed by atoms with Crippen molar-refractivity contribution in [1.29, 1.82) is 0 Å². The molecule has 0 radical (unpaired) electrons. The van der Waals surface area contributed by atoms with Crippen molar-refractivity contribution < 1.29 is 4.79 Å². The highest BCUT2D eigenvalue weighted by Gasteiger charge is 2.07. The summed E-state index contributed by atoms with van der Waals surface area (Å²) in [5, 5.41) is 4.04. The fraction of sp³-hybridized carbons (Fsp3) is 0.263. The molecule has 0 bridgehead atoms. The maximum absolute atomic E-state index is 12.1. The minimum Gasteiger partial charge on any atom is -0.325 e. The Bertz CT molecular complexity index is 809. The molecule has 3 nitrogen and oxygen atoms in total. The second-order valence-corrected chi connectivity index (χ2v) is 8.00. The first-order valence-corrected chi connectivity index (χ1v) is 9.91. The van der Waals surface area contributed by atoms with E-state index in [-0.39, 0.29) is 5.91 Å². The van der Waals surface area contributed by atoms with Crippen LogP contribution in [0.5, 0.6) is 0 Å². The standard InChI is InChI=1S/C19H20N2OS2/c1-13(2)14-6-5-7-15(10-14)20-18(22)11-23-12-19-21-16-8-3-4-9-17(16)24-19/h3-10,13H,11-12H2,1-2H3,(H,20,22). The summed E-state index contributed by atoms with van der Waals surface area (Å²) in [6.07, 6.45) is 0. The van der Waals surface area contributed by atoms with E-state index in [0.29, 0.717) is 11.7 Å². The lowest BCUT2D eigenvalue weighted by molar-refractivity contribution is -0.113. The van der Waals surface area contributed by atoms with E-state index in [1.807, 2.05) is 36.4 Å². The highest BCUT2D eigenvalue weighted by atomic mass is 32.2. The lowest BCUT2D eigenvalue weighted by atomic mass is 10.0. The number of thioether (sulfide) groups is 1. The number of amides is 1. The van der Waals surface area contributed by atoms with Crippen LogP contribution >= 0.6 is 23.1 Å². The first-order valence-electron chi connectivity index (χ1n) is 7.94. The van der Waals surface area contributed by atoms with Crippen LogP contribution in [-0.4, -0.2) is 16.6 Å². The maximum atomic E-state index is 12.1. The van der Waals surface area contributed by atoms with Gasteiger partial charge in [0.25, 0.3) is 0 Å². The minimum absolute atomic E-state index is 0.0296. The molecule has 3 aromatic rings. The van der Waals surface area contributed by atoms with Crippen molar-refractivity contribution in [3.05, 3.63) is 59.1 Å². The van der Waals surface area contributed by atoms with Crippen molar-refractivity contribution >= 4 is 44.9 Å². The minimum atomic E-state index is 0.0296. The molecule has 0 saturated heterocycles. The van der Waals surface area contributed by atoms with E-state index in [2.05, 4.69) is 36.3 Å². The van der Waals surface area contributed by atoms with Crippen LogP contribution in [0.2, 0.25) is 0 Å². The average molecular weight is 357 g/mol. The molecule has 0 spiro atoms. The van der Waals surface area contributed by atoms with Gasteiger partial charge in [-0.2, -0.15) is 0 Å². The Kier molecular flexibility index (Phi) is 5.53. The molecule has 0 atom stereocenters. The van der Waals surface area contributed by atoms with Gasteiger partial charge in [-0.25, -0.2) is 4.98 Å². The van der Waals surface area contributed by atoms with Gasteiger partial charge in [0.15, 0.2) is 0 Å². The Morgan fingerprint density at radius 1 is 1.21 bits per heavy atom. The van der Waals surface area contributed by atoms with Gasteiger partial charge in [-0.3, -0.25) is 4.79 Å². The zero-order chi connectivity index (χ0) is 16.9. The zero-order valence-corrected chi connectivity index (χ0v) is 15.4. The number of nitrogens with zero attached hydrogens (tertiary/aromatic N) is 1. The highest BCUT2D eigenvalue weighted by molar-refractivity contribution is 7.99. The van der Waals surface area contributed by atoms with Crippen LogP contribution in [0.1, 0.15) is 30.3 Å². The Balaban J connectivity index is 1.51. The molecule has 0 aliphatic carbocycles. The van der Waals surface area contributed by atoms with Crippen LogP contribution in [0.25, 0.3) is 10.2 Å². The quantitative estimate of drug-likeness (QED) is 0.652. The van der Waals surface area contributed by atoms with Crippen LogP contribution in [-0.2, 0) is 10.5 Å². The second kappa shape index (κ2) is 7.81. The first-order chi connectivity index (χ1) is 11.6. The number of carbonyl (C=O) groups excluding carboxylic acids is 1. The number of hydrogen-bond acceptors (Lipinski definition) is 4. The number of fused-ring (bicyclic) bond motifs is 1. The van der Waals surface area contributed by atoms with Crippen LogP contribution in [0, 0.1) is 0 Å². The topological polar surface area (TPSA) is 42.0 Å². The summed E-state index contributed by atoms with van der Waals surface area (Å²) >= 11 is 3.29. The Hall–Kier alpha value is -1.85. The number of thiazole rings is 1.